The van der Waals surface area contributed by atoms with Gasteiger partial charge in [0.15, 0.2) is 0 Å². The number of carbonyl (C=O) groups excluding carboxylic acids is 1. The van der Waals surface area contributed by atoms with Gasteiger partial charge in [0.1, 0.15) is 5.75 Å². The Morgan fingerprint density at radius 3 is 2.40 bits per heavy atom. The smallest absolute Gasteiger partial charge is 0.241 e. The fourth-order valence-corrected chi connectivity index (χ4v) is 1.83. The van der Waals surface area contributed by atoms with Gasteiger partial charge in [-0.1, -0.05) is 30.3 Å². The molecule has 0 radical (unpaired) electrons. The van der Waals surface area contributed by atoms with Crippen molar-refractivity contribution in [2.45, 2.75) is 6.54 Å². The molecule has 0 aliphatic carbocycles. The molecule has 4 nitrogen and oxygen atoms in total. The number of phenolic OH excluding ortho intramolecular Hbond substituents is 1. The maximum Gasteiger partial charge on any atom is 0.241 e. The molecule has 0 saturated carbocycles. The highest BCUT2D eigenvalue weighted by molar-refractivity contribution is 5.80. The standard InChI is InChI=1S/C16H18N2O2/c1-18(12-13-7-9-15(19)10-8-13)16(20)11-17-14-5-3-2-4-6-14/h2-10,17,19H,11-12H2,1H3. The fourth-order valence-electron chi connectivity index (χ4n) is 1.83. The van der Waals surface area contributed by atoms with E-state index < -0.39 is 0 Å². The maximum atomic E-state index is 12.0. The number of nitrogens with one attached hydrogen (secondary N) is 1. The number of para-hydroxylation sites is 1. The van der Waals surface area contributed by atoms with E-state index in [1.807, 2.05) is 42.5 Å². The van der Waals surface area contributed by atoms with Crippen LogP contribution >= 0.6 is 0 Å². The number of rotatable bonds is 5. The van der Waals surface area contributed by atoms with Gasteiger partial charge < -0.3 is 15.3 Å². The van der Waals surface area contributed by atoms with Gasteiger partial charge in [-0.25, -0.2) is 0 Å². The molecule has 0 atom stereocenters. The molecule has 0 bridgehead atoms. The quantitative estimate of drug-likeness (QED) is 0.877. The normalized spacial score (nSPS) is 10.1. The Balaban J connectivity index is 1.84. The molecule has 2 rings (SSSR count). The molecule has 0 fully saturated rings. The van der Waals surface area contributed by atoms with Crippen molar-refractivity contribution in [1.29, 1.82) is 0 Å². The van der Waals surface area contributed by atoms with Gasteiger partial charge in [-0.2, -0.15) is 0 Å². The summed E-state index contributed by atoms with van der Waals surface area (Å²) in [6.45, 7) is 0.786. The van der Waals surface area contributed by atoms with E-state index in [1.54, 1.807) is 24.1 Å². The Bertz CT molecular complexity index is 552. The first-order chi connectivity index (χ1) is 9.65. The highest BCUT2D eigenvalue weighted by Gasteiger charge is 2.08. The minimum atomic E-state index is 0.0157. The lowest BCUT2D eigenvalue weighted by atomic mass is 10.2. The predicted octanol–water partition coefficient (Wildman–Crippen LogP) is 2.46. The molecule has 0 heterocycles. The van der Waals surface area contributed by atoms with Crippen molar-refractivity contribution >= 4 is 11.6 Å². The number of likely N-dealkylation sites (N-methyl/N-ethyl adjacent to an activating group) is 1. The van der Waals surface area contributed by atoms with Gasteiger partial charge in [0.2, 0.25) is 5.91 Å². The lowest BCUT2D eigenvalue weighted by molar-refractivity contribution is -0.128. The first kappa shape index (κ1) is 13.9. The molecule has 0 aliphatic rings. The SMILES string of the molecule is CN(Cc1ccc(O)cc1)C(=O)CNc1ccccc1. The summed E-state index contributed by atoms with van der Waals surface area (Å²) >= 11 is 0. The molecule has 20 heavy (non-hydrogen) atoms. The van der Waals surface area contributed by atoms with Crippen LogP contribution in [-0.2, 0) is 11.3 Å². The zero-order valence-electron chi connectivity index (χ0n) is 11.4. The molecule has 2 N–H and O–H groups in total. The molecule has 4 heteroatoms. The van der Waals surface area contributed by atoms with E-state index >= 15 is 0 Å². The van der Waals surface area contributed by atoms with Crippen LogP contribution in [0.25, 0.3) is 0 Å². The van der Waals surface area contributed by atoms with E-state index in [1.165, 1.54) is 0 Å². The molecule has 0 aromatic heterocycles. The van der Waals surface area contributed by atoms with Crippen molar-refractivity contribution in [3.63, 3.8) is 0 Å². The van der Waals surface area contributed by atoms with Crippen LogP contribution in [0.2, 0.25) is 0 Å². The summed E-state index contributed by atoms with van der Waals surface area (Å²) in [7, 11) is 1.77. The number of hydrogen-bond acceptors (Lipinski definition) is 3. The van der Waals surface area contributed by atoms with E-state index in [0.29, 0.717) is 6.54 Å². The van der Waals surface area contributed by atoms with Crippen molar-refractivity contribution in [2.75, 3.05) is 18.9 Å². The second kappa shape index (κ2) is 6.61. The van der Waals surface area contributed by atoms with Crippen molar-refractivity contribution in [2.24, 2.45) is 0 Å². The zero-order chi connectivity index (χ0) is 14.4. The molecular weight excluding hydrogens is 252 g/mol. The minimum absolute atomic E-state index is 0.0157. The Hall–Kier alpha value is -2.49. The van der Waals surface area contributed by atoms with E-state index in [9.17, 15) is 9.90 Å². The van der Waals surface area contributed by atoms with E-state index in [-0.39, 0.29) is 18.2 Å². The molecule has 1 amide bonds. The van der Waals surface area contributed by atoms with Gasteiger partial charge in [0.05, 0.1) is 6.54 Å². The fraction of sp³-hybridized carbons (Fsp3) is 0.188. The lowest BCUT2D eigenvalue weighted by Gasteiger charge is -2.18. The maximum absolute atomic E-state index is 12.0. The number of amides is 1. The topological polar surface area (TPSA) is 52.6 Å². The van der Waals surface area contributed by atoms with Crippen molar-refractivity contribution in [1.82, 2.24) is 4.90 Å². The third-order valence-corrected chi connectivity index (χ3v) is 3.00. The van der Waals surface area contributed by atoms with Crippen LogP contribution in [0, 0.1) is 0 Å². The van der Waals surface area contributed by atoms with Crippen LogP contribution in [0.1, 0.15) is 5.56 Å². The largest absolute Gasteiger partial charge is 0.508 e. The molecule has 0 saturated heterocycles. The monoisotopic (exact) mass is 270 g/mol. The summed E-state index contributed by atoms with van der Waals surface area (Å²) in [5, 5.41) is 12.3. The van der Waals surface area contributed by atoms with Gasteiger partial charge in [0, 0.05) is 19.3 Å². The Morgan fingerprint density at radius 2 is 1.75 bits per heavy atom. The van der Waals surface area contributed by atoms with Crippen molar-refractivity contribution < 1.29 is 9.90 Å². The second-order valence-corrected chi connectivity index (χ2v) is 4.64. The van der Waals surface area contributed by atoms with Crippen molar-refractivity contribution in [3.8, 4) is 5.75 Å². The summed E-state index contributed by atoms with van der Waals surface area (Å²) in [4.78, 5) is 13.7. The van der Waals surface area contributed by atoms with Gasteiger partial charge in [-0.3, -0.25) is 4.79 Å². The predicted molar refractivity (Wildman–Crippen MR) is 79.5 cm³/mol. The third-order valence-electron chi connectivity index (χ3n) is 3.00. The number of benzene rings is 2. The van der Waals surface area contributed by atoms with E-state index in [0.717, 1.165) is 11.3 Å². The summed E-state index contributed by atoms with van der Waals surface area (Å²) in [6.07, 6.45) is 0. The second-order valence-electron chi connectivity index (χ2n) is 4.64. The number of aromatic hydroxyl groups is 1. The Kier molecular flexibility index (Phi) is 4.60. The van der Waals surface area contributed by atoms with E-state index in [4.69, 9.17) is 0 Å². The summed E-state index contributed by atoms with van der Waals surface area (Å²) in [5.41, 5.74) is 1.91. The number of nitrogens with zero attached hydrogens (tertiary/aromatic N) is 1. The molecule has 2 aromatic carbocycles. The van der Waals surface area contributed by atoms with Gasteiger partial charge in [0.25, 0.3) is 0 Å². The first-order valence-corrected chi connectivity index (χ1v) is 6.46. The van der Waals surface area contributed by atoms with Gasteiger partial charge in [-0.05, 0) is 29.8 Å². The van der Waals surface area contributed by atoms with Crippen LogP contribution in [0.4, 0.5) is 5.69 Å². The Morgan fingerprint density at radius 1 is 1.10 bits per heavy atom. The van der Waals surface area contributed by atoms with Crippen LogP contribution < -0.4 is 5.32 Å². The van der Waals surface area contributed by atoms with Crippen LogP contribution in [0.15, 0.2) is 54.6 Å². The minimum Gasteiger partial charge on any atom is -0.508 e. The summed E-state index contributed by atoms with van der Waals surface area (Å²) in [6, 6.07) is 16.5. The van der Waals surface area contributed by atoms with Crippen LogP contribution in [0.3, 0.4) is 0 Å². The van der Waals surface area contributed by atoms with Crippen LogP contribution in [0.5, 0.6) is 5.75 Å². The van der Waals surface area contributed by atoms with Crippen molar-refractivity contribution in [3.05, 3.63) is 60.2 Å². The first-order valence-electron chi connectivity index (χ1n) is 6.46. The molecule has 0 unspecified atom stereocenters. The number of anilines is 1. The van der Waals surface area contributed by atoms with Gasteiger partial charge in [-0.15, -0.1) is 0 Å². The molecule has 0 spiro atoms. The number of hydrogen-bond donors (Lipinski definition) is 2. The highest BCUT2D eigenvalue weighted by atomic mass is 16.3. The molecule has 2 aromatic rings. The number of carbonyl (C=O) groups is 1. The zero-order valence-corrected chi connectivity index (χ0v) is 11.4. The molecule has 0 aliphatic heterocycles. The van der Waals surface area contributed by atoms with Crippen LogP contribution in [-0.4, -0.2) is 29.5 Å². The average molecular weight is 270 g/mol. The number of phenols is 1. The molecule has 104 valence electrons. The summed E-state index contributed by atoms with van der Waals surface area (Å²) < 4.78 is 0. The average Bonchev–Trinajstić information content (AvgIpc) is 2.48. The van der Waals surface area contributed by atoms with E-state index in [2.05, 4.69) is 5.32 Å². The summed E-state index contributed by atoms with van der Waals surface area (Å²) in [5.74, 6) is 0.246. The van der Waals surface area contributed by atoms with Gasteiger partial charge >= 0.3 is 0 Å². The lowest BCUT2D eigenvalue weighted by Crippen LogP contribution is -2.31. The third kappa shape index (κ3) is 4.02. The Labute approximate surface area is 118 Å². The molecular formula is C16H18N2O2. The highest BCUT2D eigenvalue weighted by Crippen LogP contribution is 2.11.